The van der Waals surface area contributed by atoms with Gasteiger partial charge in [0.2, 0.25) is 0 Å². The first-order valence-corrected chi connectivity index (χ1v) is 7.38. The van der Waals surface area contributed by atoms with Crippen molar-refractivity contribution in [1.82, 2.24) is 5.32 Å². The lowest BCUT2D eigenvalue weighted by Crippen LogP contribution is -2.32. The van der Waals surface area contributed by atoms with Crippen molar-refractivity contribution in [2.75, 3.05) is 11.9 Å². The molecule has 0 radical (unpaired) electrons. The molecule has 21 heavy (non-hydrogen) atoms. The van der Waals surface area contributed by atoms with Crippen LogP contribution in [0.15, 0.2) is 24.3 Å². The third-order valence-electron chi connectivity index (χ3n) is 3.92. The van der Waals surface area contributed by atoms with Crippen LogP contribution in [-0.2, 0) is 11.2 Å². The molecule has 3 N–H and O–H groups in total. The van der Waals surface area contributed by atoms with Crippen LogP contribution in [0.3, 0.4) is 0 Å². The maximum Gasteiger partial charge on any atom is 0.319 e. The zero-order valence-electron chi connectivity index (χ0n) is 12.3. The van der Waals surface area contributed by atoms with Gasteiger partial charge in [0.15, 0.2) is 0 Å². The summed E-state index contributed by atoms with van der Waals surface area (Å²) in [6, 6.07) is 6.65. The predicted molar refractivity (Wildman–Crippen MR) is 81.3 cm³/mol. The van der Waals surface area contributed by atoms with Crippen molar-refractivity contribution in [1.29, 1.82) is 0 Å². The summed E-state index contributed by atoms with van der Waals surface area (Å²) in [4.78, 5) is 22.4. The smallest absolute Gasteiger partial charge is 0.319 e. The zero-order chi connectivity index (χ0) is 15.2. The Morgan fingerprint density at radius 3 is 2.52 bits per heavy atom. The van der Waals surface area contributed by atoms with Crippen molar-refractivity contribution in [2.45, 2.75) is 32.6 Å². The number of carboxylic acid groups (broad SMARTS) is 1. The van der Waals surface area contributed by atoms with E-state index in [-0.39, 0.29) is 12.5 Å². The summed E-state index contributed by atoms with van der Waals surface area (Å²) in [6.45, 7) is 2.96. The second-order valence-corrected chi connectivity index (χ2v) is 5.89. The van der Waals surface area contributed by atoms with Gasteiger partial charge in [-0.15, -0.1) is 0 Å². The molecule has 0 spiro atoms. The van der Waals surface area contributed by atoms with E-state index in [0.29, 0.717) is 23.7 Å². The highest BCUT2D eigenvalue weighted by molar-refractivity contribution is 5.89. The number of benzene rings is 1. The average molecular weight is 290 g/mol. The minimum Gasteiger partial charge on any atom is -0.481 e. The molecule has 2 rings (SSSR count). The molecule has 0 aromatic heterocycles. The molecule has 5 nitrogen and oxygen atoms in total. The fourth-order valence-electron chi connectivity index (χ4n) is 2.80. The molecule has 1 saturated carbocycles. The largest absolute Gasteiger partial charge is 0.481 e. The van der Waals surface area contributed by atoms with Crippen LogP contribution < -0.4 is 10.6 Å². The van der Waals surface area contributed by atoms with Gasteiger partial charge >= 0.3 is 12.0 Å². The van der Waals surface area contributed by atoms with E-state index in [0.717, 1.165) is 5.92 Å². The number of carboxylic acids is 1. The third kappa shape index (κ3) is 5.10. The summed E-state index contributed by atoms with van der Waals surface area (Å²) in [5.41, 5.74) is 1.38. The average Bonchev–Trinajstić information content (AvgIpc) is 2.84. The molecule has 0 heterocycles. The van der Waals surface area contributed by atoms with Crippen molar-refractivity contribution < 1.29 is 14.7 Å². The Hall–Kier alpha value is -2.04. The molecule has 0 bridgehead atoms. The molecule has 1 fully saturated rings. The van der Waals surface area contributed by atoms with Gasteiger partial charge in [-0.1, -0.05) is 25.5 Å². The molecule has 1 aromatic carbocycles. The van der Waals surface area contributed by atoms with Crippen molar-refractivity contribution >= 4 is 17.7 Å². The maximum atomic E-state index is 11.8. The van der Waals surface area contributed by atoms with Gasteiger partial charge in [-0.2, -0.15) is 0 Å². The van der Waals surface area contributed by atoms with E-state index in [4.69, 9.17) is 5.11 Å². The third-order valence-corrected chi connectivity index (χ3v) is 3.92. The summed E-state index contributed by atoms with van der Waals surface area (Å²) >= 11 is 0. The van der Waals surface area contributed by atoms with Gasteiger partial charge < -0.3 is 15.7 Å². The van der Waals surface area contributed by atoms with Gasteiger partial charge in [0.25, 0.3) is 0 Å². The maximum absolute atomic E-state index is 11.8. The molecule has 0 saturated heterocycles. The van der Waals surface area contributed by atoms with E-state index in [2.05, 4.69) is 17.6 Å². The molecular formula is C16H22N2O3. The topological polar surface area (TPSA) is 78.4 Å². The summed E-state index contributed by atoms with van der Waals surface area (Å²) in [6.07, 6.45) is 3.61. The number of aliphatic carboxylic acids is 1. The molecule has 1 aliphatic carbocycles. The molecule has 2 atom stereocenters. The Morgan fingerprint density at radius 2 is 1.95 bits per heavy atom. The van der Waals surface area contributed by atoms with E-state index in [1.807, 2.05) is 0 Å². The highest BCUT2D eigenvalue weighted by atomic mass is 16.4. The number of amides is 2. The molecule has 2 amide bonds. The number of hydrogen-bond acceptors (Lipinski definition) is 2. The lowest BCUT2D eigenvalue weighted by atomic mass is 10.1. The molecule has 1 aromatic rings. The fraction of sp³-hybridized carbons (Fsp3) is 0.500. The van der Waals surface area contributed by atoms with Gasteiger partial charge in [0.05, 0.1) is 6.42 Å². The first-order chi connectivity index (χ1) is 10.0. The normalized spacial score (nSPS) is 21.0. The van der Waals surface area contributed by atoms with Crippen LogP contribution in [-0.4, -0.2) is 23.7 Å². The van der Waals surface area contributed by atoms with Crippen LogP contribution in [0.1, 0.15) is 31.7 Å². The Labute approximate surface area is 124 Å². The fourth-order valence-corrected chi connectivity index (χ4v) is 2.80. The highest BCUT2D eigenvalue weighted by Crippen LogP contribution is 2.29. The van der Waals surface area contributed by atoms with Gasteiger partial charge in [0, 0.05) is 12.2 Å². The quantitative estimate of drug-likeness (QED) is 0.780. The summed E-state index contributed by atoms with van der Waals surface area (Å²) in [5, 5.41) is 14.4. The van der Waals surface area contributed by atoms with Gasteiger partial charge in [-0.3, -0.25) is 4.79 Å². The number of rotatable bonds is 5. The van der Waals surface area contributed by atoms with E-state index < -0.39 is 5.97 Å². The monoisotopic (exact) mass is 290 g/mol. The molecule has 114 valence electrons. The summed E-state index contributed by atoms with van der Waals surface area (Å²) < 4.78 is 0. The summed E-state index contributed by atoms with van der Waals surface area (Å²) in [5.74, 6) is 0.490. The predicted octanol–water partition coefficient (Wildman–Crippen LogP) is 2.87. The number of anilines is 1. The van der Waals surface area contributed by atoms with Crippen LogP contribution in [0, 0.1) is 11.8 Å². The highest BCUT2D eigenvalue weighted by Gasteiger charge is 2.21. The number of urea groups is 1. The molecular weight excluding hydrogens is 268 g/mol. The van der Waals surface area contributed by atoms with Crippen LogP contribution >= 0.6 is 0 Å². The standard InChI is InChI=1S/C16H22N2O3/c1-11-2-3-13(8-11)10-17-16(21)18-14-6-4-12(5-7-14)9-15(19)20/h4-7,11,13H,2-3,8-10H2,1H3,(H,19,20)(H2,17,18,21). The zero-order valence-corrected chi connectivity index (χ0v) is 12.3. The summed E-state index contributed by atoms with van der Waals surface area (Å²) in [7, 11) is 0. The first kappa shape index (κ1) is 15.4. The molecule has 1 aliphatic rings. The van der Waals surface area contributed by atoms with Crippen molar-refractivity contribution in [3.05, 3.63) is 29.8 Å². The minimum absolute atomic E-state index is 0.00760. The van der Waals surface area contributed by atoms with Crippen molar-refractivity contribution in [3.63, 3.8) is 0 Å². The second kappa shape index (κ2) is 7.11. The van der Waals surface area contributed by atoms with Crippen LogP contribution in [0.5, 0.6) is 0 Å². The Bertz CT molecular complexity index is 499. The van der Waals surface area contributed by atoms with Gasteiger partial charge in [-0.25, -0.2) is 4.79 Å². The van der Waals surface area contributed by atoms with Crippen LogP contribution in [0.4, 0.5) is 10.5 Å². The number of carbonyl (C=O) groups is 2. The van der Waals surface area contributed by atoms with Crippen LogP contribution in [0.25, 0.3) is 0 Å². The lowest BCUT2D eigenvalue weighted by molar-refractivity contribution is -0.136. The van der Waals surface area contributed by atoms with Crippen LogP contribution in [0.2, 0.25) is 0 Å². The number of hydrogen-bond donors (Lipinski definition) is 3. The number of nitrogens with one attached hydrogen (secondary N) is 2. The first-order valence-electron chi connectivity index (χ1n) is 7.38. The van der Waals surface area contributed by atoms with Crippen molar-refractivity contribution in [2.24, 2.45) is 11.8 Å². The molecule has 0 aliphatic heterocycles. The van der Waals surface area contributed by atoms with Gasteiger partial charge in [-0.05, 0) is 42.4 Å². The lowest BCUT2D eigenvalue weighted by Gasteiger charge is -2.12. The van der Waals surface area contributed by atoms with Gasteiger partial charge in [0.1, 0.15) is 0 Å². The Kier molecular flexibility index (Phi) is 5.20. The van der Waals surface area contributed by atoms with E-state index in [1.54, 1.807) is 24.3 Å². The van der Waals surface area contributed by atoms with E-state index >= 15 is 0 Å². The Morgan fingerprint density at radius 1 is 1.24 bits per heavy atom. The Balaban J connectivity index is 1.75. The number of carbonyl (C=O) groups excluding carboxylic acids is 1. The molecule has 2 unspecified atom stereocenters. The van der Waals surface area contributed by atoms with E-state index in [9.17, 15) is 9.59 Å². The van der Waals surface area contributed by atoms with E-state index in [1.165, 1.54) is 19.3 Å². The molecule has 5 heteroatoms. The second-order valence-electron chi connectivity index (χ2n) is 5.89. The minimum atomic E-state index is -0.862. The SMILES string of the molecule is CC1CCC(CNC(=O)Nc2ccc(CC(=O)O)cc2)C1. The van der Waals surface area contributed by atoms with Crippen molar-refractivity contribution in [3.8, 4) is 0 Å².